The zero-order valence-corrected chi connectivity index (χ0v) is 16.7. The van der Waals surface area contributed by atoms with Crippen LogP contribution in [0.2, 0.25) is 0 Å². The van der Waals surface area contributed by atoms with Crippen LogP contribution in [0.15, 0.2) is 82.6 Å². The third-order valence-corrected chi connectivity index (χ3v) is 6.35. The molecular weight excluding hydrogens is 410 g/mol. The van der Waals surface area contributed by atoms with Gasteiger partial charge in [0, 0.05) is 17.7 Å². The number of carboxylic acids is 1. The molecule has 1 aliphatic rings. The number of carboxylic acid groups (broad SMARTS) is 1. The van der Waals surface area contributed by atoms with E-state index in [4.69, 9.17) is 4.74 Å². The van der Waals surface area contributed by atoms with Crippen molar-refractivity contribution in [3.63, 3.8) is 0 Å². The Hall–Kier alpha value is -2.81. The first kappa shape index (κ1) is 19.5. The van der Waals surface area contributed by atoms with Gasteiger partial charge in [0.1, 0.15) is 17.5 Å². The molecule has 29 heavy (non-hydrogen) atoms. The number of aliphatic carboxylic acids is 1. The molecule has 4 rings (SSSR count). The van der Waals surface area contributed by atoms with Gasteiger partial charge in [0.25, 0.3) is 0 Å². The molecule has 3 aromatic carbocycles. The zero-order chi connectivity index (χ0) is 20.4. The number of hydrogen-bond acceptors (Lipinski definition) is 5. The summed E-state index contributed by atoms with van der Waals surface area (Å²) < 4.78 is 30.8. The molecule has 0 bridgehead atoms. The largest absolute Gasteiger partial charge is 0.755 e. The molecule has 6 nitrogen and oxygen atoms in total. The normalized spacial score (nSPS) is 14.1. The molecule has 2 atom stereocenters. The monoisotopic (exact) mass is 426 g/mol. The highest BCUT2D eigenvalue weighted by Gasteiger charge is 2.29. The summed E-state index contributed by atoms with van der Waals surface area (Å²) >= 11 is -1.32. The van der Waals surface area contributed by atoms with Crippen molar-refractivity contribution in [1.82, 2.24) is 0 Å². The van der Waals surface area contributed by atoms with Gasteiger partial charge < -0.3 is 14.4 Å². The summed E-state index contributed by atoms with van der Waals surface area (Å²) in [5.41, 5.74) is 1.01. The van der Waals surface area contributed by atoms with E-state index in [9.17, 15) is 18.7 Å². The van der Waals surface area contributed by atoms with Gasteiger partial charge in [0.15, 0.2) is 0 Å². The standard InChI is InChI=1S/C21H17NO5S2/c23-21(24)16(12-14-6-2-1-3-7-14)22(29(25)26)15-10-11-18-20(13-15)28-19-9-5-4-8-17(19)27-18/h1-11,13,16H,12H2,(H,23,24)(H,25,26)/p-1. The predicted molar refractivity (Wildman–Crippen MR) is 110 cm³/mol. The van der Waals surface area contributed by atoms with E-state index in [1.807, 2.05) is 30.3 Å². The summed E-state index contributed by atoms with van der Waals surface area (Å²) in [6, 6.07) is 20.1. The maximum Gasteiger partial charge on any atom is 0.327 e. The topological polar surface area (TPSA) is 89.9 Å². The molecule has 0 amide bonds. The predicted octanol–water partition coefficient (Wildman–Crippen LogP) is 4.24. The van der Waals surface area contributed by atoms with Crippen LogP contribution in [0.4, 0.5) is 5.69 Å². The fraction of sp³-hybridized carbons (Fsp3) is 0.0952. The van der Waals surface area contributed by atoms with Crippen molar-refractivity contribution in [3.8, 4) is 11.5 Å². The highest BCUT2D eigenvalue weighted by atomic mass is 32.2. The van der Waals surface area contributed by atoms with Crippen LogP contribution in [0.5, 0.6) is 11.5 Å². The lowest BCUT2D eigenvalue weighted by atomic mass is 10.1. The Bertz CT molecular complexity index is 1070. The van der Waals surface area contributed by atoms with Crippen LogP contribution in [0, 0.1) is 0 Å². The summed E-state index contributed by atoms with van der Waals surface area (Å²) in [7, 11) is 0. The molecule has 8 heteroatoms. The Balaban J connectivity index is 1.68. The summed E-state index contributed by atoms with van der Waals surface area (Å²) in [5.74, 6) is 0.114. The number of nitrogens with zero attached hydrogens (tertiary/aromatic N) is 1. The Morgan fingerprint density at radius 1 is 1.03 bits per heavy atom. The lowest BCUT2D eigenvalue weighted by molar-refractivity contribution is -0.138. The second kappa shape index (κ2) is 8.28. The van der Waals surface area contributed by atoms with Crippen LogP contribution in [0.1, 0.15) is 5.56 Å². The summed E-state index contributed by atoms with van der Waals surface area (Å²) in [6.07, 6.45) is 0.0493. The summed E-state index contributed by atoms with van der Waals surface area (Å²) in [5, 5.41) is 9.74. The van der Waals surface area contributed by atoms with Gasteiger partial charge in [-0.1, -0.05) is 54.2 Å². The first-order valence-electron chi connectivity index (χ1n) is 8.77. The van der Waals surface area contributed by atoms with Crippen LogP contribution in [0.3, 0.4) is 0 Å². The van der Waals surface area contributed by atoms with Gasteiger partial charge in [-0.05, 0) is 35.9 Å². The van der Waals surface area contributed by atoms with Gasteiger partial charge in [-0.3, -0.25) is 8.51 Å². The number of fused-ring (bicyclic) bond motifs is 2. The minimum atomic E-state index is -2.77. The van der Waals surface area contributed by atoms with Gasteiger partial charge in [0.05, 0.1) is 15.5 Å². The lowest BCUT2D eigenvalue weighted by Gasteiger charge is -2.33. The minimum Gasteiger partial charge on any atom is -0.755 e. The Labute approximate surface area is 174 Å². The fourth-order valence-corrected chi connectivity index (χ4v) is 4.77. The number of benzene rings is 3. The Kier molecular flexibility index (Phi) is 5.57. The maximum absolute atomic E-state index is 12.0. The van der Waals surface area contributed by atoms with E-state index in [1.165, 1.54) is 11.8 Å². The third-order valence-electron chi connectivity index (χ3n) is 4.47. The van der Waals surface area contributed by atoms with Crippen LogP contribution in [0.25, 0.3) is 0 Å². The quantitative estimate of drug-likeness (QED) is 0.464. The molecule has 1 aliphatic heterocycles. The van der Waals surface area contributed by atoms with Gasteiger partial charge in [-0.15, -0.1) is 0 Å². The van der Waals surface area contributed by atoms with Gasteiger partial charge in [-0.25, -0.2) is 4.79 Å². The first-order chi connectivity index (χ1) is 14.0. The minimum absolute atomic E-state index is 0.0493. The van der Waals surface area contributed by atoms with E-state index in [2.05, 4.69) is 0 Å². The number of ether oxygens (including phenoxy) is 1. The number of anilines is 1. The first-order valence-corrected chi connectivity index (χ1v) is 10.6. The number of hydrogen-bond donors (Lipinski definition) is 1. The van der Waals surface area contributed by atoms with Crippen molar-refractivity contribution in [1.29, 1.82) is 0 Å². The highest BCUT2D eigenvalue weighted by molar-refractivity contribution is 7.99. The molecule has 0 aliphatic carbocycles. The van der Waals surface area contributed by atoms with Crippen molar-refractivity contribution in [3.05, 3.63) is 78.4 Å². The van der Waals surface area contributed by atoms with Crippen LogP contribution >= 0.6 is 11.8 Å². The smallest absolute Gasteiger partial charge is 0.327 e. The second-order valence-electron chi connectivity index (χ2n) is 6.37. The SMILES string of the molecule is O=C(O)C(Cc1ccccc1)N(c1ccc2c(c1)Sc1ccccc1O2)S(=O)[O-]. The third kappa shape index (κ3) is 4.14. The molecule has 2 unspecified atom stereocenters. The Morgan fingerprint density at radius 2 is 1.72 bits per heavy atom. The van der Waals surface area contributed by atoms with Gasteiger partial charge in [-0.2, -0.15) is 0 Å². The van der Waals surface area contributed by atoms with Gasteiger partial charge in [0.2, 0.25) is 0 Å². The fourth-order valence-electron chi connectivity index (χ4n) is 3.13. The van der Waals surface area contributed by atoms with Crippen molar-refractivity contribution >= 4 is 34.7 Å². The summed E-state index contributed by atoms with van der Waals surface area (Å²) in [4.78, 5) is 13.6. The van der Waals surface area contributed by atoms with Crippen LogP contribution in [-0.2, 0) is 22.5 Å². The molecule has 148 valence electrons. The van der Waals surface area contributed by atoms with E-state index in [0.29, 0.717) is 5.75 Å². The number of carbonyl (C=O) groups is 1. The number of para-hydroxylation sites is 1. The van der Waals surface area contributed by atoms with Crippen LogP contribution in [-0.4, -0.2) is 25.9 Å². The zero-order valence-electron chi connectivity index (χ0n) is 15.1. The molecule has 0 saturated carbocycles. The second-order valence-corrected chi connectivity index (χ2v) is 8.28. The Morgan fingerprint density at radius 3 is 2.45 bits per heavy atom. The van der Waals surface area contributed by atoms with Crippen molar-refractivity contribution in [2.45, 2.75) is 22.3 Å². The average molecular weight is 426 g/mol. The van der Waals surface area contributed by atoms with E-state index >= 15 is 0 Å². The highest BCUT2D eigenvalue weighted by Crippen LogP contribution is 2.48. The van der Waals surface area contributed by atoms with E-state index in [0.717, 1.165) is 25.4 Å². The molecule has 3 aromatic rings. The van der Waals surface area contributed by atoms with E-state index < -0.39 is 23.3 Å². The van der Waals surface area contributed by atoms with Gasteiger partial charge >= 0.3 is 5.97 Å². The molecule has 0 fully saturated rings. The van der Waals surface area contributed by atoms with Crippen LogP contribution < -0.4 is 9.04 Å². The maximum atomic E-state index is 12.0. The molecule has 1 heterocycles. The lowest BCUT2D eigenvalue weighted by Crippen LogP contribution is -2.44. The van der Waals surface area contributed by atoms with Crippen molar-refractivity contribution in [2.75, 3.05) is 4.31 Å². The molecule has 0 spiro atoms. The summed E-state index contributed by atoms with van der Waals surface area (Å²) in [6.45, 7) is 0. The number of rotatable bonds is 6. The van der Waals surface area contributed by atoms with E-state index in [1.54, 1.807) is 42.5 Å². The molecule has 1 N–H and O–H groups in total. The van der Waals surface area contributed by atoms with Crippen molar-refractivity contribution in [2.24, 2.45) is 0 Å². The van der Waals surface area contributed by atoms with E-state index in [-0.39, 0.29) is 12.1 Å². The molecule has 0 aromatic heterocycles. The molecule has 0 radical (unpaired) electrons. The average Bonchev–Trinajstić information content (AvgIpc) is 2.72. The molecular formula is C21H16NO5S2-. The van der Waals surface area contributed by atoms with Crippen molar-refractivity contribution < 1.29 is 23.4 Å². The molecule has 0 saturated heterocycles.